The van der Waals surface area contributed by atoms with Crippen LogP contribution in [-0.2, 0) is 6.42 Å². The van der Waals surface area contributed by atoms with Gasteiger partial charge in [-0.2, -0.15) is 0 Å². The van der Waals surface area contributed by atoms with E-state index in [4.69, 9.17) is 0 Å². The molecule has 2 N–H and O–H groups in total. The van der Waals surface area contributed by atoms with Crippen LogP contribution in [0.2, 0.25) is 0 Å². The van der Waals surface area contributed by atoms with Crippen molar-refractivity contribution in [2.45, 2.75) is 19.4 Å². The van der Waals surface area contributed by atoms with E-state index in [1.165, 1.54) is 16.9 Å². The zero-order valence-electron chi connectivity index (χ0n) is 7.97. The molecule has 13 heavy (non-hydrogen) atoms. The lowest BCUT2D eigenvalue weighted by Gasteiger charge is -2.24. The van der Waals surface area contributed by atoms with Gasteiger partial charge in [0.25, 0.3) is 0 Å². The number of hydrogen-bond acceptors (Lipinski definition) is 3. The van der Waals surface area contributed by atoms with Gasteiger partial charge in [0.05, 0.1) is 0 Å². The zero-order chi connectivity index (χ0) is 9.10. The van der Waals surface area contributed by atoms with Gasteiger partial charge in [-0.15, -0.1) is 11.3 Å². The minimum absolute atomic E-state index is 0.631. The molecule has 1 aromatic rings. The molecule has 0 amide bonds. The predicted molar refractivity (Wildman–Crippen MR) is 57.4 cm³/mol. The summed E-state index contributed by atoms with van der Waals surface area (Å²) in [7, 11) is 0. The van der Waals surface area contributed by atoms with Crippen LogP contribution in [0.25, 0.3) is 0 Å². The number of thiophene rings is 1. The third kappa shape index (κ3) is 2.30. The maximum absolute atomic E-state index is 3.53. The van der Waals surface area contributed by atoms with Crippen molar-refractivity contribution in [2.75, 3.05) is 19.6 Å². The van der Waals surface area contributed by atoms with Gasteiger partial charge in [0.2, 0.25) is 0 Å². The summed E-state index contributed by atoms with van der Waals surface area (Å²) < 4.78 is 0. The molecule has 72 valence electrons. The van der Waals surface area contributed by atoms with Crippen LogP contribution in [0.5, 0.6) is 0 Å². The van der Waals surface area contributed by atoms with Crippen LogP contribution in [0, 0.1) is 6.92 Å². The second-order valence-corrected chi connectivity index (χ2v) is 4.59. The highest BCUT2D eigenvalue weighted by atomic mass is 32.1. The molecule has 0 bridgehead atoms. The van der Waals surface area contributed by atoms with Crippen molar-refractivity contribution in [1.29, 1.82) is 0 Å². The lowest BCUT2D eigenvalue weighted by Crippen LogP contribution is -2.49. The Bertz CT molecular complexity index is 264. The molecule has 0 saturated carbocycles. The standard InChI is InChI=1S/C10H16N2S/c1-8-2-5-13-10(8)6-9-7-11-3-4-12-9/h2,5,9,11-12H,3-4,6-7H2,1H3. The lowest BCUT2D eigenvalue weighted by molar-refractivity contribution is 0.418. The largest absolute Gasteiger partial charge is 0.314 e. The summed E-state index contributed by atoms with van der Waals surface area (Å²) in [6.07, 6.45) is 1.18. The molecule has 2 nitrogen and oxygen atoms in total. The van der Waals surface area contributed by atoms with E-state index in [0.29, 0.717) is 6.04 Å². The van der Waals surface area contributed by atoms with Gasteiger partial charge in [-0.1, -0.05) is 0 Å². The SMILES string of the molecule is Cc1ccsc1CC1CNCCN1. The van der Waals surface area contributed by atoms with Crippen molar-refractivity contribution in [3.05, 3.63) is 21.9 Å². The van der Waals surface area contributed by atoms with E-state index in [9.17, 15) is 0 Å². The Hall–Kier alpha value is -0.380. The van der Waals surface area contributed by atoms with E-state index in [0.717, 1.165) is 19.6 Å². The number of piperazine rings is 1. The van der Waals surface area contributed by atoms with Gasteiger partial charge in [0.15, 0.2) is 0 Å². The van der Waals surface area contributed by atoms with Crippen molar-refractivity contribution in [3.8, 4) is 0 Å². The van der Waals surface area contributed by atoms with E-state index < -0.39 is 0 Å². The molecular formula is C10H16N2S. The summed E-state index contributed by atoms with van der Waals surface area (Å²) in [5, 5.41) is 9.12. The molecule has 1 fully saturated rings. The van der Waals surface area contributed by atoms with Gasteiger partial charge in [-0.05, 0) is 30.4 Å². The van der Waals surface area contributed by atoms with Crippen molar-refractivity contribution in [2.24, 2.45) is 0 Å². The Morgan fingerprint density at radius 3 is 3.08 bits per heavy atom. The maximum Gasteiger partial charge on any atom is 0.0241 e. The van der Waals surface area contributed by atoms with E-state index in [1.807, 2.05) is 11.3 Å². The van der Waals surface area contributed by atoms with Crippen LogP contribution in [0.3, 0.4) is 0 Å². The topological polar surface area (TPSA) is 24.1 Å². The molecule has 3 heteroatoms. The summed E-state index contributed by atoms with van der Waals surface area (Å²) >= 11 is 1.88. The summed E-state index contributed by atoms with van der Waals surface area (Å²) in [6, 6.07) is 2.84. The van der Waals surface area contributed by atoms with E-state index in [1.54, 1.807) is 0 Å². The molecule has 1 saturated heterocycles. The molecule has 0 spiro atoms. The third-order valence-electron chi connectivity index (χ3n) is 2.53. The Morgan fingerprint density at radius 1 is 1.54 bits per heavy atom. The van der Waals surface area contributed by atoms with Gasteiger partial charge < -0.3 is 10.6 Å². The third-order valence-corrected chi connectivity index (χ3v) is 3.57. The second kappa shape index (κ2) is 4.22. The predicted octanol–water partition coefficient (Wildman–Crippen LogP) is 1.16. The highest BCUT2D eigenvalue weighted by Crippen LogP contribution is 2.17. The van der Waals surface area contributed by atoms with Gasteiger partial charge in [-0.3, -0.25) is 0 Å². The van der Waals surface area contributed by atoms with Gasteiger partial charge in [0, 0.05) is 30.6 Å². The molecule has 1 aliphatic rings. The Labute approximate surface area is 83.4 Å². The summed E-state index contributed by atoms with van der Waals surface area (Å²) in [5.41, 5.74) is 1.44. The first-order valence-corrected chi connectivity index (χ1v) is 5.71. The molecule has 1 aliphatic heterocycles. The Balaban J connectivity index is 1.93. The normalized spacial score (nSPS) is 23.3. The fourth-order valence-electron chi connectivity index (χ4n) is 1.69. The number of nitrogens with one attached hydrogen (secondary N) is 2. The number of hydrogen-bond donors (Lipinski definition) is 2. The summed E-state index contributed by atoms with van der Waals surface area (Å²) in [4.78, 5) is 1.53. The fraction of sp³-hybridized carbons (Fsp3) is 0.600. The van der Waals surface area contributed by atoms with Crippen molar-refractivity contribution >= 4 is 11.3 Å². The first-order valence-electron chi connectivity index (χ1n) is 4.83. The minimum Gasteiger partial charge on any atom is -0.314 e. The van der Waals surface area contributed by atoms with Crippen LogP contribution < -0.4 is 10.6 Å². The van der Waals surface area contributed by atoms with Crippen LogP contribution in [0.1, 0.15) is 10.4 Å². The smallest absolute Gasteiger partial charge is 0.0241 e. The molecule has 1 atom stereocenters. The van der Waals surface area contributed by atoms with Crippen molar-refractivity contribution in [3.63, 3.8) is 0 Å². The minimum atomic E-state index is 0.631. The van der Waals surface area contributed by atoms with Crippen LogP contribution in [0.15, 0.2) is 11.4 Å². The quantitative estimate of drug-likeness (QED) is 0.742. The highest BCUT2D eigenvalue weighted by molar-refractivity contribution is 7.10. The fourth-order valence-corrected chi connectivity index (χ4v) is 2.68. The van der Waals surface area contributed by atoms with Crippen LogP contribution >= 0.6 is 11.3 Å². The van der Waals surface area contributed by atoms with E-state index >= 15 is 0 Å². The van der Waals surface area contributed by atoms with Crippen LogP contribution in [0.4, 0.5) is 0 Å². The first-order chi connectivity index (χ1) is 6.36. The second-order valence-electron chi connectivity index (χ2n) is 3.59. The molecule has 2 rings (SSSR count). The van der Waals surface area contributed by atoms with Crippen molar-refractivity contribution in [1.82, 2.24) is 10.6 Å². The number of rotatable bonds is 2. The van der Waals surface area contributed by atoms with Crippen molar-refractivity contribution < 1.29 is 0 Å². The lowest BCUT2D eigenvalue weighted by atomic mass is 10.1. The van der Waals surface area contributed by atoms with Crippen LogP contribution in [-0.4, -0.2) is 25.7 Å². The van der Waals surface area contributed by atoms with Gasteiger partial charge in [0.1, 0.15) is 0 Å². The van der Waals surface area contributed by atoms with E-state index in [-0.39, 0.29) is 0 Å². The molecule has 0 aliphatic carbocycles. The molecule has 1 aromatic heterocycles. The molecule has 0 aromatic carbocycles. The Kier molecular flexibility index (Phi) is 2.98. The summed E-state index contributed by atoms with van der Waals surface area (Å²) in [6.45, 7) is 5.52. The van der Waals surface area contributed by atoms with Gasteiger partial charge in [-0.25, -0.2) is 0 Å². The maximum atomic E-state index is 3.53. The first kappa shape index (κ1) is 9.19. The summed E-state index contributed by atoms with van der Waals surface area (Å²) in [5.74, 6) is 0. The number of aryl methyl sites for hydroxylation is 1. The Morgan fingerprint density at radius 2 is 2.46 bits per heavy atom. The monoisotopic (exact) mass is 196 g/mol. The zero-order valence-corrected chi connectivity index (χ0v) is 8.79. The average Bonchev–Trinajstić information content (AvgIpc) is 2.54. The van der Waals surface area contributed by atoms with E-state index in [2.05, 4.69) is 29.0 Å². The average molecular weight is 196 g/mol. The molecule has 2 heterocycles. The van der Waals surface area contributed by atoms with Gasteiger partial charge >= 0.3 is 0 Å². The molecular weight excluding hydrogens is 180 g/mol. The molecule has 0 radical (unpaired) electrons. The highest BCUT2D eigenvalue weighted by Gasteiger charge is 2.13. The molecule has 1 unspecified atom stereocenters.